The van der Waals surface area contributed by atoms with Gasteiger partial charge in [0.1, 0.15) is 17.7 Å². The smallest absolute Gasteiger partial charge is 0.233 e. The van der Waals surface area contributed by atoms with Crippen molar-refractivity contribution in [1.29, 1.82) is 0 Å². The van der Waals surface area contributed by atoms with E-state index in [1.165, 1.54) is 6.07 Å². The van der Waals surface area contributed by atoms with Gasteiger partial charge in [0.15, 0.2) is 0 Å². The van der Waals surface area contributed by atoms with E-state index in [4.69, 9.17) is 4.74 Å². The van der Waals surface area contributed by atoms with Gasteiger partial charge in [-0.2, -0.15) is 0 Å². The molecule has 5 rings (SSSR count). The van der Waals surface area contributed by atoms with E-state index in [0.29, 0.717) is 53.2 Å². The minimum absolute atomic E-state index is 0.131. The molecule has 0 spiro atoms. The topological polar surface area (TPSA) is 118 Å². The van der Waals surface area contributed by atoms with Crippen molar-refractivity contribution in [3.8, 4) is 22.9 Å². The summed E-state index contributed by atoms with van der Waals surface area (Å²) in [4.78, 5) is 13.3. The van der Waals surface area contributed by atoms with Gasteiger partial charge in [0, 0.05) is 48.7 Å². The Balaban J connectivity index is 1.49. The number of sulfonamides is 1. The highest BCUT2D eigenvalue weighted by Gasteiger charge is 2.23. The van der Waals surface area contributed by atoms with Crippen LogP contribution in [0.15, 0.2) is 54.9 Å². The Labute approximate surface area is 237 Å². The third-order valence-electron chi connectivity index (χ3n) is 6.64. The van der Waals surface area contributed by atoms with E-state index >= 15 is 0 Å². The van der Waals surface area contributed by atoms with Crippen molar-refractivity contribution in [3.05, 3.63) is 66.2 Å². The predicted octanol–water partition coefficient (Wildman–Crippen LogP) is 5.44. The molecule has 2 atom stereocenters. The molecule has 0 saturated carbocycles. The number of anilines is 2. The van der Waals surface area contributed by atoms with Crippen LogP contribution < -0.4 is 20.1 Å². The van der Waals surface area contributed by atoms with Crippen LogP contribution in [0.4, 0.5) is 20.4 Å². The van der Waals surface area contributed by atoms with E-state index in [2.05, 4.69) is 30.3 Å². The maximum atomic E-state index is 14.9. The van der Waals surface area contributed by atoms with Crippen LogP contribution >= 0.6 is 0 Å². The van der Waals surface area contributed by atoms with Crippen molar-refractivity contribution in [1.82, 2.24) is 20.3 Å². The maximum Gasteiger partial charge on any atom is 0.233 e. The molecule has 2 unspecified atom stereocenters. The molecule has 9 nitrogen and oxygen atoms in total. The number of aryl methyl sites for hydroxylation is 1. The van der Waals surface area contributed by atoms with Crippen molar-refractivity contribution in [2.24, 2.45) is 5.92 Å². The quantitative estimate of drug-likeness (QED) is 0.239. The van der Waals surface area contributed by atoms with Crippen LogP contribution in [0.2, 0.25) is 0 Å². The number of ether oxygens (including phenoxy) is 1. The van der Waals surface area contributed by atoms with Gasteiger partial charge in [0.25, 0.3) is 0 Å². The Morgan fingerprint density at radius 2 is 1.88 bits per heavy atom. The first-order valence-electron chi connectivity index (χ1n) is 13.4. The number of piperidine rings is 1. The predicted molar refractivity (Wildman–Crippen MR) is 156 cm³/mol. The fourth-order valence-corrected chi connectivity index (χ4v) is 6.34. The van der Waals surface area contributed by atoms with Gasteiger partial charge in [-0.3, -0.25) is 4.72 Å². The van der Waals surface area contributed by atoms with Crippen LogP contribution in [0.3, 0.4) is 0 Å². The number of aromatic nitrogens is 3. The number of hydrogen-bond acceptors (Lipinski definition) is 8. The lowest BCUT2D eigenvalue weighted by Crippen LogP contribution is -2.44. The molecule has 216 valence electrons. The molecule has 2 aromatic carbocycles. The van der Waals surface area contributed by atoms with Crippen LogP contribution in [-0.2, 0) is 10.0 Å². The molecule has 1 aliphatic heterocycles. The minimum atomic E-state index is -3.78. The van der Waals surface area contributed by atoms with E-state index in [1.807, 2.05) is 6.92 Å². The molecule has 1 fully saturated rings. The molecule has 0 aliphatic carbocycles. The molecular formula is C29H32F2N6O3S. The second-order valence-corrected chi connectivity index (χ2v) is 12.3. The lowest BCUT2D eigenvalue weighted by molar-refractivity contribution is 0.254. The molecule has 0 amide bonds. The number of halogens is 2. The first-order valence-corrected chi connectivity index (χ1v) is 15.0. The summed E-state index contributed by atoms with van der Waals surface area (Å²) < 4.78 is 62.9. The third-order valence-corrected chi connectivity index (χ3v) is 8.26. The number of nitrogens with zero attached hydrogens (tertiary/aromatic N) is 3. The molecule has 12 heteroatoms. The van der Waals surface area contributed by atoms with Gasteiger partial charge in [-0.05, 0) is 48.7 Å². The summed E-state index contributed by atoms with van der Waals surface area (Å²) in [5.41, 5.74) is 1.73. The molecule has 1 aliphatic rings. The van der Waals surface area contributed by atoms with Gasteiger partial charge in [0.05, 0.1) is 22.7 Å². The molecular weight excluding hydrogens is 550 g/mol. The second kappa shape index (κ2) is 11.9. The molecule has 2 aromatic heterocycles. The zero-order valence-corrected chi connectivity index (χ0v) is 23.8. The molecule has 41 heavy (non-hydrogen) atoms. The summed E-state index contributed by atoms with van der Waals surface area (Å²) in [6.45, 7) is 6.34. The van der Waals surface area contributed by atoms with E-state index in [9.17, 15) is 17.2 Å². The summed E-state index contributed by atoms with van der Waals surface area (Å²) >= 11 is 0. The van der Waals surface area contributed by atoms with Crippen LogP contribution in [0, 0.1) is 18.7 Å². The first kappa shape index (κ1) is 28.6. The average molecular weight is 583 g/mol. The summed E-state index contributed by atoms with van der Waals surface area (Å²) in [6.07, 6.45) is 2.61. The lowest BCUT2D eigenvalue weighted by atomic mass is 10.0. The SMILES string of the molecule is Cc1ccc2c(NS(=O)(=O)CC(C)C)c(F)ccc2c1Oc1ncccc1-c1ccnc(NC2CNCC(F)C2)n1. The van der Waals surface area contributed by atoms with Crippen molar-refractivity contribution in [3.63, 3.8) is 0 Å². The Morgan fingerprint density at radius 1 is 1.07 bits per heavy atom. The van der Waals surface area contributed by atoms with Crippen LogP contribution in [0.1, 0.15) is 25.8 Å². The summed E-state index contributed by atoms with van der Waals surface area (Å²) in [6, 6.07) is 11.3. The Morgan fingerprint density at radius 3 is 2.66 bits per heavy atom. The van der Waals surface area contributed by atoms with Crippen molar-refractivity contribution >= 4 is 32.4 Å². The highest BCUT2D eigenvalue weighted by molar-refractivity contribution is 7.92. The van der Waals surface area contributed by atoms with Gasteiger partial charge < -0.3 is 15.4 Å². The highest BCUT2D eigenvalue weighted by Crippen LogP contribution is 2.39. The number of hydrogen-bond donors (Lipinski definition) is 3. The molecule has 4 aromatic rings. The number of pyridine rings is 1. The van der Waals surface area contributed by atoms with E-state index in [-0.39, 0.29) is 29.3 Å². The Bertz CT molecular complexity index is 1670. The average Bonchev–Trinajstić information content (AvgIpc) is 2.91. The molecule has 0 radical (unpaired) electrons. The minimum Gasteiger partial charge on any atom is -0.437 e. The molecule has 0 bridgehead atoms. The number of nitrogens with one attached hydrogen (secondary N) is 3. The monoisotopic (exact) mass is 582 g/mol. The second-order valence-electron chi connectivity index (χ2n) is 10.6. The lowest BCUT2D eigenvalue weighted by Gasteiger charge is -2.26. The molecule has 3 heterocycles. The third kappa shape index (κ3) is 6.71. The normalized spacial score (nSPS) is 17.5. The number of fused-ring (bicyclic) bond motifs is 1. The largest absolute Gasteiger partial charge is 0.437 e. The Kier molecular flexibility index (Phi) is 8.32. The summed E-state index contributed by atoms with van der Waals surface area (Å²) in [5.74, 6) is 0.0478. The first-order chi connectivity index (χ1) is 19.6. The van der Waals surface area contributed by atoms with E-state index < -0.39 is 22.0 Å². The van der Waals surface area contributed by atoms with Gasteiger partial charge in [-0.15, -0.1) is 0 Å². The fraction of sp³-hybridized carbons (Fsp3) is 0.345. The van der Waals surface area contributed by atoms with Gasteiger partial charge in [0.2, 0.25) is 21.9 Å². The summed E-state index contributed by atoms with van der Waals surface area (Å²) in [5, 5.41) is 7.11. The zero-order valence-electron chi connectivity index (χ0n) is 23.0. The maximum absolute atomic E-state index is 14.9. The van der Waals surface area contributed by atoms with E-state index in [0.717, 1.165) is 5.56 Å². The van der Waals surface area contributed by atoms with Crippen molar-refractivity contribution in [2.75, 3.05) is 28.9 Å². The van der Waals surface area contributed by atoms with Gasteiger partial charge in [-0.25, -0.2) is 32.2 Å². The number of alkyl halides is 1. The van der Waals surface area contributed by atoms with Crippen LogP contribution in [0.25, 0.3) is 22.0 Å². The van der Waals surface area contributed by atoms with Crippen molar-refractivity contribution in [2.45, 2.75) is 39.4 Å². The van der Waals surface area contributed by atoms with Gasteiger partial charge in [-0.1, -0.05) is 26.0 Å². The Hall–Kier alpha value is -3.90. The summed E-state index contributed by atoms with van der Waals surface area (Å²) in [7, 11) is -3.78. The number of benzene rings is 2. The van der Waals surface area contributed by atoms with Gasteiger partial charge >= 0.3 is 0 Å². The van der Waals surface area contributed by atoms with Crippen LogP contribution in [-0.4, -0.2) is 54.4 Å². The van der Waals surface area contributed by atoms with Crippen LogP contribution in [0.5, 0.6) is 11.6 Å². The zero-order chi connectivity index (χ0) is 29.1. The van der Waals surface area contributed by atoms with Crippen molar-refractivity contribution < 1.29 is 21.9 Å². The highest BCUT2D eigenvalue weighted by atomic mass is 32.2. The molecule has 3 N–H and O–H groups in total. The standard InChI is InChI=1S/C29H32F2N6O3S/c1-17(2)16-41(38,39)37-26-21-7-6-18(3)27(22(21)8-9-24(26)31)40-28-23(5-4-11-33-28)25-10-12-34-29(36-25)35-20-13-19(30)14-32-15-20/h4-12,17,19-20,32,37H,13-16H2,1-3H3,(H,34,35,36). The number of rotatable bonds is 9. The fourth-order valence-electron chi connectivity index (χ4n) is 4.86. The molecule has 1 saturated heterocycles. The van der Waals surface area contributed by atoms with E-state index in [1.54, 1.807) is 62.6 Å².